The summed E-state index contributed by atoms with van der Waals surface area (Å²) in [6, 6.07) is 0. The van der Waals surface area contributed by atoms with E-state index < -0.39 is 5.41 Å². The molecule has 2 rings (SSSR count). The highest BCUT2D eigenvalue weighted by atomic mass is 32.1. The largest absolute Gasteiger partial charge is 0.465 e. The van der Waals surface area contributed by atoms with Crippen LogP contribution in [0, 0.1) is 6.92 Å². The van der Waals surface area contributed by atoms with Gasteiger partial charge in [-0.2, -0.15) is 0 Å². The van der Waals surface area contributed by atoms with Crippen molar-refractivity contribution in [2.45, 2.75) is 32.1 Å². The van der Waals surface area contributed by atoms with Gasteiger partial charge in [0.15, 0.2) is 0 Å². The molecule has 0 spiro atoms. The lowest BCUT2D eigenvalue weighted by atomic mass is 9.82. The third kappa shape index (κ3) is 1.78. The van der Waals surface area contributed by atoms with Gasteiger partial charge in [0.05, 0.1) is 17.3 Å². The van der Waals surface area contributed by atoms with Crippen LogP contribution in [-0.4, -0.2) is 17.6 Å². The normalized spacial score (nSPS) is 17.6. The molecule has 3 nitrogen and oxygen atoms in total. The van der Waals surface area contributed by atoms with Crippen molar-refractivity contribution in [1.29, 1.82) is 0 Å². The van der Waals surface area contributed by atoms with E-state index in [4.69, 9.17) is 4.74 Å². The molecule has 0 unspecified atom stereocenters. The fourth-order valence-corrected chi connectivity index (χ4v) is 2.70. The Morgan fingerprint density at radius 1 is 1.56 bits per heavy atom. The predicted molar refractivity (Wildman–Crippen MR) is 63.5 cm³/mol. The third-order valence-electron chi connectivity index (χ3n) is 2.87. The number of allylic oxidation sites excluding steroid dienone is 2. The number of rotatable bonds is 3. The van der Waals surface area contributed by atoms with Crippen molar-refractivity contribution in [2.24, 2.45) is 0 Å². The smallest absolute Gasteiger partial charge is 0.318 e. The molecule has 0 radical (unpaired) electrons. The zero-order valence-electron chi connectivity index (χ0n) is 9.53. The number of hydrogen-bond acceptors (Lipinski definition) is 4. The molecule has 0 bridgehead atoms. The molecule has 1 aliphatic carbocycles. The Kier molecular flexibility index (Phi) is 3.10. The van der Waals surface area contributed by atoms with Gasteiger partial charge in [-0.3, -0.25) is 4.79 Å². The number of thiazole rings is 1. The van der Waals surface area contributed by atoms with E-state index in [1.165, 1.54) is 0 Å². The molecule has 0 aromatic carbocycles. The molecule has 1 aromatic heterocycles. The van der Waals surface area contributed by atoms with E-state index in [1.807, 2.05) is 31.4 Å². The Labute approximate surface area is 99.2 Å². The molecule has 0 saturated heterocycles. The van der Waals surface area contributed by atoms with Gasteiger partial charge in [-0.25, -0.2) is 4.98 Å². The molecule has 0 amide bonds. The first-order valence-corrected chi connectivity index (χ1v) is 6.32. The molecule has 0 N–H and O–H groups in total. The van der Waals surface area contributed by atoms with Gasteiger partial charge in [0, 0.05) is 5.38 Å². The first kappa shape index (κ1) is 11.3. The Morgan fingerprint density at radius 2 is 2.25 bits per heavy atom. The maximum Gasteiger partial charge on any atom is 0.318 e. The highest BCUT2D eigenvalue weighted by Gasteiger charge is 2.43. The zero-order valence-corrected chi connectivity index (χ0v) is 10.3. The minimum absolute atomic E-state index is 0.148. The van der Waals surface area contributed by atoms with Gasteiger partial charge in [0.25, 0.3) is 0 Å². The molecule has 1 aliphatic rings. The summed E-state index contributed by atoms with van der Waals surface area (Å²) in [6.45, 7) is 4.21. The minimum atomic E-state index is -0.555. The predicted octanol–water partition coefficient (Wildman–Crippen LogP) is 2.60. The number of hydrogen-bond donors (Lipinski definition) is 0. The van der Waals surface area contributed by atoms with E-state index >= 15 is 0 Å². The molecule has 0 atom stereocenters. The van der Waals surface area contributed by atoms with Crippen LogP contribution in [0.4, 0.5) is 0 Å². The van der Waals surface area contributed by atoms with Gasteiger partial charge in [-0.05, 0) is 26.7 Å². The molecule has 0 saturated carbocycles. The fraction of sp³-hybridized carbons (Fsp3) is 0.500. The first-order valence-electron chi connectivity index (χ1n) is 5.44. The molecular weight excluding hydrogens is 222 g/mol. The average Bonchev–Trinajstić information content (AvgIpc) is 2.86. The maximum absolute atomic E-state index is 12.1. The van der Waals surface area contributed by atoms with Crippen molar-refractivity contribution in [3.8, 4) is 0 Å². The first-order chi connectivity index (χ1) is 7.69. The number of esters is 1. The number of aromatic nitrogens is 1. The second-order valence-corrected chi connectivity index (χ2v) is 5.00. The molecule has 16 heavy (non-hydrogen) atoms. The molecular formula is C12H15NO2S. The summed E-state index contributed by atoms with van der Waals surface area (Å²) >= 11 is 1.58. The number of nitrogens with zero attached hydrogens (tertiary/aromatic N) is 1. The summed E-state index contributed by atoms with van der Waals surface area (Å²) < 4.78 is 5.18. The van der Waals surface area contributed by atoms with Crippen LogP contribution in [0.25, 0.3) is 0 Å². The number of carbonyl (C=O) groups is 1. The number of carbonyl (C=O) groups excluding carboxylic acids is 1. The van der Waals surface area contributed by atoms with E-state index in [9.17, 15) is 4.79 Å². The van der Waals surface area contributed by atoms with Crippen LogP contribution in [0.1, 0.15) is 30.5 Å². The summed E-state index contributed by atoms with van der Waals surface area (Å²) in [5, 5.41) is 2.96. The van der Waals surface area contributed by atoms with Gasteiger partial charge < -0.3 is 4.74 Å². The van der Waals surface area contributed by atoms with Crippen molar-refractivity contribution in [3.05, 3.63) is 28.2 Å². The van der Waals surface area contributed by atoms with E-state index in [1.54, 1.807) is 11.3 Å². The second-order valence-electron chi connectivity index (χ2n) is 3.93. The highest BCUT2D eigenvalue weighted by Crippen LogP contribution is 2.38. The standard InChI is InChI=1S/C12H15NO2S/c1-3-15-11(14)12(6-4-5-7-12)10-8-16-9(2)13-10/h4-5,8H,3,6-7H2,1-2H3. The molecule has 4 heteroatoms. The van der Waals surface area contributed by atoms with Crippen molar-refractivity contribution in [3.63, 3.8) is 0 Å². The monoisotopic (exact) mass is 237 g/mol. The summed E-state index contributed by atoms with van der Waals surface area (Å²) in [5.74, 6) is -0.148. The van der Waals surface area contributed by atoms with Crippen molar-refractivity contribution < 1.29 is 9.53 Å². The molecule has 1 heterocycles. The van der Waals surface area contributed by atoms with Gasteiger partial charge >= 0.3 is 5.97 Å². The lowest BCUT2D eigenvalue weighted by Gasteiger charge is -2.24. The number of aryl methyl sites for hydroxylation is 1. The summed E-state index contributed by atoms with van der Waals surface area (Å²) in [4.78, 5) is 16.5. The number of ether oxygens (including phenoxy) is 1. The van der Waals surface area contributed by atoms with Gasteiger partial charge in [-0.15, -0.1) is 11.3 Å². The third-order valence-corrected chi connectivity index (χ3v) is 3.65. The van der Waals surface area contributed by atoms with Crippen LogP contribution in [0.15, 0.2) is 17.5 Å². The van der Waals surface area contributed by atoms with E-state index in [0.29, 0.717) is 19.4 Å². The van der Waals surface area contributed by atoms with Gasteiger partial charge in [0.1, 0.15) is 5.41 Å². The summed E-state index contributed by atoms with van der Waals surface area (Å²) in [5.41, 5.74) is 0.305. The highest BCUT2D eigenvalue weighted by molar-refractivity contribution is 7.09. The van der Waals surface area contributed by atoms with Crippen LogP contribution in [0.2, 0.25) is 0 Å². The molecule has 0 aliphatic heterocycles. The van der Waals surface area contributed by atoms with Gasteiger partial charge in [-0.1, -0.05) is 12.2 Å². The van der Waals surface area contributed by atoms with E-state index in [0.717, 1.165) is 10.7 Å². The quantitative estimate of drug-likeness (QED) is 0.599. The van der Waals surface area contributed by atoms with Crippen LogP contribution >= 0.6 is 11.3 Å². The van der Waals surface area contributed by atoms with E-state index in [-0.39, 0.29) is 5.97 Å². The Balaban J connectivity index is 2.32. The fourth-order valence-electron chi connectivity index (χ4n) is 1.99. The topological polar surface area (TPSA) is 39.2 Å². The average molecular weight is 237 g/mol. The summed E-state index contributed by atoms with van der Waals surface area (Å²) in [6.07, 6.45) is 5.47. The van der Waals surface area contributed by atoms with Crippen molar-refractivity contribution in [2.75, 3.05) is 6.61 Å². The molecule has 86 valence electrons. The van der Waals surface area contributed by atoms with Crippen LogP contribution < -0.4 is 0 Å². The van der Waals surface area contributed by atoms with Crippen LogP contribution in [0.5, 0.6) is 0 Å². The second kappa shape index (κ2) is 4.37. The lowest BCUT2D eigenvalue weighted by molar-refractivity contribution is -0.149. The Hall–Kier alpha value is -1.16. The van der Waals surface area contributed by atoms with E-state index in [2.05, 4.69) is 4.98 Å². The molecule has 1 aromatic rings. The summed E-state index contributed by atoms with van der Waals surface area (Å²) in [7, 11) is 0. The van der Waals surface area contributed by atoms with Crippen molar-refractivity contribution >= 4 is 17.3 Å². The zero-order chi connectivity index (χ0) is 11.6. The van der Waals surface area contributed by atoms with Crippen LogP contribution in [0.3, 0.4) is 0 Å². The minimum Gasteiger partial charge on any atom is -0.465 e. The molecule has 0 fully saturated rings. The Morgan fingerprint density at radius 3 is 2.75 bits per heavy atom. The lowest BCUT2D eigenvalue weighted by Crippen LogP contribution is -2.35. The van der Waals surface area contributed by atoms with Crippen LogP contribution in [-0.2, 0) is 14.9 Å². The maximum atomic E-state index is 12.1. The van der Waals surface area contributed by atoms with Crippen molar-refractivity contribution in [1.82, 2.24) is 4.98 Å². The van der Waals surface area contributed by atoms with Gasteiger partial charge in [0.2, 0.25) is 0 Å². The Bertz CT molecular complexity index is 414. The SMILES string of the molecule is CCOC(=O)C1(c2csc(C)n2)CC=CC1.